The summed E-state index contributed by atoms with van der Waals surface area (Å²) in [6.07, 6.45) is 7.93. The molecule has 0 spiro atoms. The van der Waals surface area contributed by atoms with Crippen molar-refractivity contribution in [3.63, 3.8) is 0 Å². The number of benzene rings is 7. The Balaban J connectivity index is 1.05. The molecule has 0 saturated carbocycles. The minimum Gasteiger partial charge on any atom is -0.460 e. The molecule has 0 fully saturated rings. The zero-order valence-corrected chi connectivity index (χ0v) is 30.8. The van der Waals surface area contributed by atoms with E-state index in [0.717, 1.165) is 52.4 Å². The summed E-state index contributed by atoms with van der Waals surface area (Å²) < 4.78 is 9.58. The fourth-order valence-electron chi connectivity index (χ4n) is 8.56. The SMILES string of the molecule is C1=C(c2ccncc2)c2c(oc3c(-c4cccc(N(c5ccccc5)c5ccc(-c6cccc7sc8ccccc8c67)cc5)c4)cc4ccccc4c23)CC1. The molecule has 0 amide bonds. The second kappa shape index (κ2) is 13.0. The van der Waals surface area contributed by atoms with Gasteiger partial charge in [0.25, 0.3) is 0 Å². The largest absolute Gasteiger partial charge is 0.460 e. The summed E-state index contributed by atoms with van der Waals surface area (Å²) in [6.45, 7) is 0. The number of allylic oxidation sites excluding steroid dienone is 1. The summed E-state index contributed by atoms with van der Waals surface area (Å²) in [5, 5.41) is 6.23. The topological polar surface area (TPSA) is 29.3 Å². The molecule has 55 heavy (non-hydrogen) atoms. The summed E-state index contributed by atoms with van der Waals surface area (Å²) in [4.78, 5) is 6.65. The number of hydrogen-bond donors (Lipinski definition) is 0. The highest BCUT2D eigenvalue weighted by Gasteiger charge is 2.26. The molecule has 0 saturated heterocycles. The van der Waals surface area contributed by atoms with Gasteiger partial charge in [0.05, 0.1) is 0 Å². The Bertz CT molecular complexity index is 3080. The van der Waals surface area contributed by atoms with Crippen LogP contribution in [0.25, 0.3) is 69.7 Å². The fraction of sp³-hybridized carbons (Fsp3) is 0.0392. The summed E-state index contributed by atoms with van der Waals surface area (Å²) in [7, 11) is 0. The molecule has 260 valence electrons. The van der Waals surface area contributed by atoms with Crippen molar-refractivity contribution in [3.05, 3.63) is 199 Å². The molecule has 3 heterocycles. The van der Waals surface area contributed by atoms with E-state index in [0.29, 0.717) is 0 Å². The quantitative estimate of drug-likeness (QED) is 0.171. The number of rotatable bonds is 6. The van der Waals surface area contributed by atoms with Crippen molar-refractivity contribution in [2.24, 2.45) is 0 Å². The number of anilines is 3. The molecular formula is C51H34N2OS. The van der Waals surface area contributed by atoms with Gasteiger partial charge in [0, 0.05) is 72.6 Å². The van der Waals surface area contributed by atoms with Gasteiger partial charge in [-0.05, 0) is 112 Å². The summed E-state index contributed by atoms with van der Waals surface area (Å²) in [5.41, 5.74) is 12.5. The fourth-order valence-corrected chi connectivity index (χ4v) is 9.69. The number of furan rings is 1. The molecule has 11 rings (SSSR count). The first kappa shape index (κ1) is 31.7. The average molecular weight is 723 g/mol. The van der Waals surface area contributed by atoms with Gasteiger partial charge in [-0.2, -0.15) is 0 Å². The first-order chi connectivity index (χ1) is 27.3. The van der Waals surface area contributed by atoms with Gasteiger partial charge in [-0.25, -0.2) is 0 Å². The van der Waals surface area contributed by atoms with Gasteiger partial charge in [-0.3, -0.25) is 4.98 Å². The lowest BCUT2D eigenvalue weighted by Crippen LogP contribution is -2.09. The molecule has 4 heteroatoms. The van der Waals surface area contributed by atoms with Crippen molar-refractivity contribution in [1.29, 1.82) is 0 Å². The smallest absolute Gasteiger partial charge is 0.143 e. The van der Waals surface area contributed by atoms with Gasteiger partial charge in [0.15, 0.2) is 0 Å². The Hall–Kier alpha value is -6.75. The molecule has 0 unspecified atom stereocenters. The lowest BCUT2D eigenvalue weighted by atomic mass is 9.87. The van der Waals surface area contributed by atoms with E-state index >= 15 is 0 Å². The standard InChI is InChI=1S/C51H34N2OS/c1-2-13-37(14-3-1)53(38-25-23-33(24-26-38)40-19-10-22-47-48(40)43-17-6-7-21-46(43)55-47)39-15-8-12-35(31-39)44-32-36-11-4-5-16-42(36)50-49-41(34-27-29-52-30-28-34)18-9-20-45(49)54-51(44)50/h1-8,10-19,21-32H,9,20H2. The van der Waals surface area contributed by atoms with Crippen LogP contribution < -0.4 is 4.90 Å². The monoisotopic (exact) mass is 722 g/mol. The van der Waals surface area contributed by atoms with Crippen LogP contribution in [0.1, 0.15) is 23.3 Å². The van der Waals surface area contributed by atoms with Crippen molar-refractivity contribution >= 4 is 75.9 Å². The number of thiophene rings is 1. The number of nitrogens with zero attached hydrogens (tertiary/aromatic N) is 2. The molecule has 3 aromatic heterocycles. The molecule has 1 aliphatic rings. The normalized spacial score (nSPS) is 12.7. The third kappa shape index (κ3) is 5.29. The van der Waals surface area contributed by atoms with E-state index in [1.807, 2.05) is 23.7 Å². The van der Waals surface area contributed by atoms with E-state index in [4.69, 9.17) is 4.42 Å². The Labute approximate surface area is 323 Å². The van der Waals surface area contributed by atoms with Crippen LogP contribution in [0.4, 0.5) is 17.1 Å². The van der Waals surface area contributed by atoms with Crippen LogP contribution in [0.5, 0.6) is 0 Å². The molecule has 0 atom stereocenters. The molecule has 1 aliphatic carbocycles. The molecule has 0 N–H and O–H groups in total. The number of para-hydroxylation sites is 1. The van der Waals surface area contributed by atoms with Crippen LogP contribution in [0, 0.1) is 0 Å². The third-order valence-corrected chi connectivity index (χ3v) is 12.1. The Morgan fingerprint density at radius 3 is 2.13 bits per heavy atom. The van der Waals surface area contributed by atoms with Gasteiger partial charge in [0.1, 0.15) is 11.3 Å². The predicted octanol–water partition coefficient (Wildman–Crippen LogP) is 14.5. The number of aryl methyl sites for hydroxylation is 1. The second-order valence-corrected chi connectivity index (χ2v) is 15.3. The van der Waals surface area contributed by atoms with Gasteiger partial charge in [0.2, 0.25) is 0 Å². The minimum absolute atomic E-state index is 0.876. The van der Waals surface area contributed by atoms with Gasteiger partial charge < -0.3 is 9.32 Å². The summed E-state index contributed by atoms with van der Waals surface area (Å²) in [5.74, 6) is 1.05. The van der Waals surface area contributed by atoms with E-state index < -0.39 is 0 Å². The Morgan fingerprint density at radius 1 is 0.527 bits per heavy atom. The Morgan fingerprint density at radius 2 is 1.25 bits per heavy atom. The van der Waals surface area contributed by atoms with Crippen molar-refractivity contribution in [2.45, 2.75) is 12.8 Å². The van der Waals surface area contributed by atoms with Gasteiger partial charge >= 0.3 is 0 Å². The zero-order chi connectivity index (χ0) is 36.3. The molecule has 0 aliphatic heterocycles. The molecule has 7 aromatic carbocycles. The predicted molar refractivity (Wildman–Crippen MR) is 232 cm³/mol. The average Bonchev–Trinajstić information content (AvgIpc) is 3.84. The molecule has 10 aromatic rings. The lowest BCUT2D eigenvalue weighted by molar-refractivity contribution is 0.546. The van der Waals surface area contributed by atoms with Crippen LogP contribution in [0.3, 0.4) is 0 Å². The molecular weight excluding hydrogens is 689 g/mol. The van der Waals surface area contributed by atoms with Crippen LogP contribution in [-0.2, 0) is 6.42 Å². The highest BCUT2D eigenvalue weighted by molar-refractivity contribution is 7.25. The summed E-state index contributed by atoms with van der Waals surface area (Å²) in [6, 6.07) is 59.2. The second-order valence-electron chi connectivity index (χ2n) is 14.2. The van der Waals surface area contributed by atoms with E-state index in [1.165, 1.54) is 64.2 Å². The van der Waals surface area contributed by atoms with Crippen molar-refractivity contribution in [3.8, 4) is 22.3 Å². The molecule has 3 nitrogen and oxygen atoms in total. The van der Waals surface area contributed by atoms with Crippen LogP contribution >= 0.6 is 11.3 Å². The maximum absolute atomic E-state index is 6.94. The van der Waals surface area contributed by atoms with Crippen LogP contribution in [0.2, 0.25) is 0 Å². The van der Waals surface area contributed by atoms with Crippen LogP contribution in [-0.4, -0.2) is 4.98 Å². The van der Waals surface area contributed by atoms with Crippen molar-refractivity contribution in [2.75, 3.05) is 4.90 Å². The van der Waals surface area contributed by atoms with Crippen molar-refractivity contribution in [1.82, 2.24) is 4.98 Å². The number of hydrogen-bond acceptors (Lipinski definition) is 4. The number of aromatic nitrogens is 1. The summed E-state index contributed by atoms with van der Waals surface area (Å²) >= 11 is 1.86. The van der Waals surface area contributed by atoms with Gasteiger partial charge in [-0.15, -0.1) is 11.3 Å². The zero-order valence-electron chi connectivity index (χ0n) is 29.9. The number of fused-ring (bicyclic) bond motifs is 8. The van der Waals surface area contributed by atoms with Crippen LogP contribution in [0.15, 0.2) is 187 Å². The minimum atomic E-state index is 0.876. The van der Waals surface area contributed by atoms with Gasteiger partial charge in [-0.1, -0.05) is 103 Å². The Kier molecular flexibility index (Phi) is 7.49. The molecule has 0 radical (unpaired) electrons. The molecule has 0 bridgehead atoms. The highest BCUT2D eigenvalue weighted by Crippen LogP contribution is 2.47. The number of pyridine rings is 1. The van der Waals surface area contributed by atoms with E-state index in [1.54, 1.807) is 0 Å². The highest BCUT2D eigenvalue weighted by atomic mass is 32.1. The lowest BCUT2D eigenvalue weighted by Gasteiger charge is -2.26. The van der Waals surface area contributed by atoms with E-state index in [-0.39, 0.29) is 0 Å². The maximum Gasteiger partial charge on any atom is 0.143 e. The van der Waals surface area contributed by atoms with Crippen molar-refractivity contribution < 1.29 is 4.42 Å². The van der Waals surface area contributed by atoms with E-state index in [2.05, 4.69) is 180 Å². The first-order valence-electron chi connectivity index (χ1n) is 18.8. The van der Waals surface area contributed by atoms with E-state index in [9.17, 15) is 0 Å². The first-order valence-corrected chi connectivity index (χ1v) is 19.6. The maximum atomic E-state index is 6.94. The third-order valence-electron chi connectivity index (χ3n) is 11.0.